The SMILES string of the molecule is CCCCCC(C)NC(=O)N(C)Cc1ccc(Cl)cc1. The predicted octanol–water partition coefficient (Wildman–Crippen LogP) is 4.45. The molecule has 0 aliphatic heterocycles. The molecule has 0 aliphatic rings. The quantitative estimate of drug-likeness (QED) is 0.741. The summed E-state index contributed by atoms with van der Waals surface area (Å²) in [5.74, 6) is 0. The topological polar surface area (TPSA) is 32.3 Å². The van der Waals surface area contributed by atoms with Crippen LogP contribution in [0.5, 0.6) is 0 Å². The first-order valence-corrected chi connectivity index (χ1v) is 7.66. The zero-order chi connectivity index (χ0) is 15.0. The van der Waals surface area contributed by atoms with Gasteiger partial charge in [0.1, 0.15) is 0 Å². The van der Waals surface area contributed by atoms with Gasteiger partial charge in [-0.1, -0.05) is 49.9 Å². The van der Waals surface area contributed by atoms with Crippen LogP contribution < -0.4 is 5.32 Å². The van der Waals surface area contributed by atoms with E-state index in [1.54, 1.807) is 4.90 Å². The van der Waals surface area contributed by atoms with Gasteiger partial charge in [0.15, 0.2) is 0 Å². The lowest BCUT2D eigenvalue weighted by Gasteiger charge is -2.21. The first-order chi connectivity index (χ1) is 9.52. The van der Waals surface area contributed by atoms with Crippen LogP contribution in [0.4, 0.5) is 4.79 Å². The van der Waals surface area contributed by atoms with Crippen molar-refractivity contribution in [2.45, 2.75) is 52.1 Å². The van der Waals surface area contributed by atoms with Crippen molar-refractivity contribution >= 4 is 17.6 Å². The number of hydrogen-bond acceptors (Lipinski definition) is 1. The molecule has 1 aromatic carbocycles. The van der Waals surface area contributed by atoms with Crippen molar-refractivity contribution in [1.29, 1.82) is 0 Å². The molecule has 1 aromatic rings. The molecule has 0 fully saturated rings. The van der Waals surface area contributed by atoms with Crippen molar-refractivity contribution in [2.75, 3.05) is 7.05 Å². The van der Waals surface area contributed by atoms with Crippen LogP contribution in [0.1, 0.15) is 45.1 Å². The lowest BCUT2D eigenvalue weighted by atomic mass is 10.1. The number of halogens is 1. The largest absolute Gasteiger partial charge is 0.336 e. The highest BCUT2D eigenvalue weighted by atomic mass is 35.5. The molecule has 0 saturated carbocycles. The van der Waals surface area contributed by atoms with E-state index in [1.807, 2.05) is 31.3 Å². The second kappa shape index (κ2) is 8.85. The molecule has 0 aliphatic carbocycles. The average Bonchev–Trinajstić information content (AvgIpc) is 2.41. The van der Waals surface area contributed by atoms with Gasteiger partial charge in [-0.3, -0.25) is 0 Å². The summed E-state index contributed by atoms with van der Waals surface area (Å²) >= 11 is 5.85. The van der Waals surface area contributed by atoms with E-state index in [2.05, 4.69) is 19.2 Å². The van der Waals surface area contributed by atoms with Gasteiger partial charge in [0.2, 0.25) is 0 Å². The molecule has 1 N–H and O–H groups in total. The van der Waals surface area contributed by atoms with Crippen molar-refractivity contribution < 1.29 is 4.79 Å². The van der Waals surface area contributed by atoms with E-state index in [-0.39, 0.29) is 12.1 Å². The highest BCUT2D eigenvalue weighted by Crippen LogP contribution is 2.11. The Morgan fingerprint density at radius 3 is 2.55 bits per heavy atom. The molecule has 0 aromatic heterocycles. The van der Waals surface area contributed by atoms with Crippen molar-refractivity contribution in [3.63, 3.8) is 0 Å². The second-order valence-electron chi connectivity index (χ2n) is 5.33. The molecule has 3 nitrogen and oxygen atoms in total. The molecule has 20 heavy (non-hydrogen) atoms. The van der Waals surface area contributed by atoms with Gasteiger partial charge in [-0.15, -0.1) is 0 Å². The smallest absolute Gasteiger partial charge is 0.317 e. The van der Waals surface area contributed by atoms with Crippen LogP contribution in [0, 0.1) is 0 Å². The molecule has 112 valence electrons. The van der Waals surface area contributed by atoms with Crippen LogP contribution in [-0.2, 0) is 6.54 Å². The maximum absolute atomic E-state index is 12.0. The minimum Gasteiger partial charge on any atom is -0.336 e. The van der Waals surface area contributed by atoms with Crippen molar-refractivity contribution in [3.8, 4) is 0 Å². The highest BCUT2D eigenvalue weighted by molar-refractivity contribution is 6.30. The Balaban J connectivity index is 2.36. The summed E-state index contributed by atoms with van der Waals surface area (Å²) in [6.45, 7) is 4.83. The first-order valence-electron chi connectivity index (χ1n) is 7.29. The fourth-order valence-electron chi connectivity index (χ4n) is 2.03. The Morgan fingerprint density at radius 1 is 1.30 bits per heavy atom. The number of rotatable bonds is 7. The monoisotopic (exact) mass is 296 g/mol. The number of nitrogens with zero attached hydrogens (tertiary/aromatic N) is 1. The molecular formula is C16H25ClN2O. The molecule has 0 saturated heterocycles. The summed E-state index contributed by atoms with van der Waals surface area (Å²) in [5, 5.41) is 3.74. The zero-order valence-corrected chi connectivity index (χ0v) is 13.4. The van der Waals surface area contributed by atoms with Gasteiger partial charge in [-0.2, -0.15) is 0 Å². The number of urea groups is 1. The number of carbonyl (C=O) groups is 1. The molecule has 4 heteroatoms. The van der Waals surface area contributed by atoms with E-state index in [1.165, 1.54) is 19.3 Å². The Labute approximate surface area is 127 Å². The Morgan fingerprint density at radius 2 is 1.95 bits per heavy atom. The number of hydrogen-bond donors (Lipinski definition) is 1. The number of unbranched alkanes of at least 4 members (excludes halogenated alkanes) is 2. The van der Waals surface area contributed by atoms with Crippen LogP contribution in [-0.4, -0.2) is 24.0 Å². The highest BCUT2D eigenvalue weighted by Gasteiger charge is 2.11. The molecule has 0 spiro atoms. The minimum atomic E-state index is -0.0241. The number of carbonyl (C=O) groups excluding carboxylic acids is 1. The fraction of sp³-hybridized carbons (Fsp3) is 0.562. The molecule has 0 radical (unpaired) electrons. The molecule has 1 unspecified atom stereocenters. The Kier molecular flexibility index (Phi) is 7.45. The average molecular weight is 297 g/mol. The van der Waals surface area contributed by atoms with Crippen LogP contribution in [0.25, 0.3) is 0 Å². The van der Waals surface area contributed by atoms with Gasteiger partial charge in [0.25, 0.3) is 0 Å². The van der Waals surface area contributed by atoms with Crippen molar-refractivity contribution in [2.24, 2.45) is 0 Å². The molecule has 0 bridgehead atoms. The van der Waals surface area contributed by atoms with Crippen LogP contribution in [0.3, 0.4) is 0 Å². The Hall–Kier alpha value is -1.22. The predicted molar refractivity (Wildman–Crippen MR) is 85.1 cm³/mol. The van der Waals surface area contributed by atoms with Gasteiger partial charge < -0.3 is 10.2 Å². The number of amides is 2. The summed E-state index contributed by atoms with van der Waals surface area (Å²) in [4.78, 5) is 13.7. The van der Waals surface area contributed by atoms with Crippen LogP contribution >= 0.6 is 11.6 Å². The summed E-state index contributed by atoms with van der Waals surface area (Å²) in [6.07, 6.45) is 4.63. The van der Waals surface area contributed by atoms with E-state index in [4.69, 9.17) is 11.6 Å². The standard InChI is InChI=1S/C16H25ClN2O/c1-4-5-6-7-13(2)18-16(20)19(3)12-14-8-10-15(17)11-9-14/h8-11,13H,4-7,12H2,1-3H3,(H,18,20). The molecule has 2 amide bonds. The second-order valence-corrected chi connectivity index (χ2v) is 5.77. The van der Waals surface area contributed by atoms with Gasteiger partial charge in [0, 0.05) is 24.7 Å². The lowest BCUT2D eigenvalue weighted by Crippen LogP contribution is -2.41. The number of benzene rings is 1. The molecular weight excluding hydrogens is 272 g/mol. The van der Waals surface area contributed by atoms with E-state index in [9.17, 15) is 4.79 Å². The fourth-order valence-corrected chi connectivity index (χ4v) is 2.16. The van der Waals surface area contributed by atoms with Crippen molar-refractivity contribution in [3.05, 3.63) is 34.9 Å². The van der Waals surface area contributed by atoms with Gasteiger partial charge in [-0.05, 0) is 31.0 Å². The normalized spacial score (nSPS) is 12.0. The third-order valence-corrected chi connectivity index (χ3v) is 3.54. The number of nitrogens with one attached hydrogen (secondary N) is 1. The summed E-state index contributed by atoms with van der Waals surface area (Å²) in [5.41, 5.74) is 1.07. The minimum absolute atomic E-state index is 0.0241. The van der Waals surface area contributed by atoms with E-state index in [0.29, 0.717) is 11.6 Å². The van der Waals surface area contributed by atoms with E-state index < -0.39 is 0 Å². The summed E-state index contributed by atoms with van der Waals surface area (Å²) in [6, 6.07) is 7.77. The van der Waals surface area contributed by atoms with Gasteiger partial charge in [0.05, 0.1) is 0 Å². The third kappa shape index (κ3) is 6.29. The van der Waals surface area contributed by atoms with Crippen LogP contribution in [0.2, 0.25) is 5.02 Å². The maximum atomic E-state index is 12.0. The third-order valence-electron chi connectivity index (χ3n) is 3.29. The Bertz CT molecular complexity index is 405. The van der Waals surface area contributed by atoms with Crippen molar-refractivity contribution in [1.82, 2.24) is 10.2 Å². The summed E-state index contributed by atoms with van der Waals surface area (Å²) in [7, 11) is 1.81. The van der Waals surface area contributed by atoms with E-state index >= 15 is 0 Å². The first kappa shape index (κ1) is 16.8. The van der Waals surface area contributed by atoms with Gasteiger partial charge in [-0.25, -0.2) is 4.79 Å². The van der Waals surface area contributed by atoms with Gasteiger partial charge >= 0.3 is 6.03 Å². The summed E-state index contributed by atoms with van der Waals surface area (Å²) < 4.78 is 0. The lowest BCUT2D eigenvalue weighted by molar-refractivity contribution is 0.202. The molecule has 1 atom stereocenters. The van der Waals surface area contributed by atoms with Crippen LogP contribution in [0.15, 0.2) is 24.3 Å². The molecule has 0 heterocycles. The maximum Gasteiger partial charge on any atom is 0.317 e. The zero-order valence-electron chi connectivity index (χ0n) is 12.7. The molecule has 1 rings (SSSR count). The van der Waals surface area contributed by atoms with E-state index in [0.717, 1.165) is 12.0 Å².